The SMILES string of the molecule is Cc1nc2nc(-c3ccc(Cl)cc3Cl)nn2c(C)c1CCC(=O)NC[C@@H]1CCCO1. The van der Waals surface area contributed by atoms with Gasteiger partial charge in [-0.25, -0.2) is 9.50 Å². The number of aromatic nitrogens is 4. The third-order valence-electron chi connectivity index (χ3n) is 5.37. The van der Waals surface area contributed by atoms with Gasteiger partial charge in [-0.1, -0.05) is 23.2 Å². The molecule has 1 aliphatic heterocycles. The molecule has 3 aromatic rings. The van der Waals surface area contributed by atoms with E-state index >= 15 is 0 Å². The maximum atomic E-state index is 12.3. The lowest BCUT2D eigenvalue weighted by atomic mass is 10.1. The average molecular weight is 448 g/mol. The largest absolute Gasteiger partial charge is 0.376 e. The Hall–Kier alpha value is -2.22. The molecular weight excluding hydrogens is 425 g/mol. The van der Waals surface area contributed by atoms with Crippen molar-refractivity contribution in [3.63, 3.8) is 0 Å². The highest BCUT2D eigenvalue weighted by atomic mass is 35.5. The Bertz CT molecular complexity index is 1090. The van der Waals surface area contributed by atoms with Crippen LogP contribution in [0.4, 0.5) is 0 Å². The number of nitrogens with zero attached hydrogens (tertiary/aromatic N) is 4. The summed E-state index contributed by atoms with van der Waals surface area (Å²) in [5.74, 6) is 0.993. The third kappa shape index (κ3) is 4.43. The zero-order valence-corrected chi connectivity index (χ0v) is 18.4. The Balaban J connectivity index is 1.51. The van der Waals surface area contributed by atoms with Crippen LogP contribution in [0, 0.1) is 13.8 Å². The van der Waals surface area contributed by atoms with Gasteiger partial charge in [-0.3, -0.25) is 4.79 Å². The van der Waals surface area contributed by atoms with Crippen LogP contribution in [-0.2, 0) is 16.0 Å². The molecule has 0 aliphatic carbocycles. The van der Waals surface area contributed by atoms with Crippen molar-refractivity contribution in [3.05, 3.63) is 45.2 Å². The molecule has 30 heavy (non-hydrogen) atoms. The number of aryl methyl sites for hydroxylation is 2. The van der Waals surface area contributed by atoms with Gasteiger partial charge in [-0.2, -0.15) is 4.98 Å². The maximum Gasteiger partial charge on any atom is 0.253 e. The van der Waals surface area contributed by atoms with Crippen molar-refractivity contribution in [1.29, 1.82) is 0 Å². The lowest BCUT2D eigenvalue weighted by Crippen LogP contribution is -2.32. The summed E-state index contributed by atoms with van der Waals surface area (Å²) < 4.78 is 7.25. The van der Waals surface area contributed by atoms with E-state index in [1.165, 1.54) is 0 Å². The second-order valence-corrected chi connectivity index (χ2v) is 8.32. The normalized spacial score (nSPS) is 16.3. The zero-order chi connectivity index (χ0) is 21.3. The molecule has 2 aromatic heterocycles. The quantitative estimate of drug-likeness (QED) is 0.618. The van der Waals surface area contributed by atoms with Gasteiger partial charge in [0.2, 0.25) is 5.91 Å². The molecule has 0 spiro atoms. The summed E-state index contributed by atoms with van der Waals surface area (Å²) in [6.07, 6.45) is 3.17. The molecule has 158 valence electrons. The van der Waals surface area contributed by atoms with Crippen LogP contribution in [0.3, 0.4) is 0 Å². The number of carbonyl (C=O) groups is 1. The van der Waals surface area contributed by atoms with E-state index < -0.39 is 0 Å². The number of halogens is 2. The first-order chi connectivity index (χ1) is 14.4. The number of benzene rings is 1. The molecule has 1 atom stereocenters. The van der Waals surface area contributed by atoms with Crippen LogP contribution in [0.2, 0.25) is 10.0 Å². The summed E-state index contributed by atoms with van der Waals surface area (Å²) in [4.78, 5) is 21.4. The van der Waals surface area contributed by atoms with E-state index in [0.29, 0.717) is 46.6 Å². The number of hydrogen-bond donors (Lipinski definition) is 1. The van der Waals surface area contributed by atoms with E-state index in [-0.39, 0.29) is 12.0 Å². The highest BCUT2D eigenvalue weighted by molar-refractivity contribution is 6.36. The van der Waals surface area contributed by atoms with Crippen molar-refractivity contribution in [2.45, 2.75) is 45.6 Å². The first-order valence-electron chi connectivity index (χ1n) is 9.99. The fourth-order valence-electron chi connectivity index (χ4n) is 3.71. The number of nitrogens with one attached hydrogen (secondary N) is 1. The minimum absolute atomic E-state index is 0.0108. The predicted molar refractivity (Wildman–Crippen MR) is 116 cm³/mol. The topological polar surface area (TPSA) is 81.4 Å². The summed E-state index contributed by atoms with van der Waals surface area (Å²) in [7, 11) is 0. The van der Waals surface area contributed by atoms with Crippen molar-refractivity contribution in [2.75, 3.05) is 13.2 Å². The van der Waals surface area contributed by atoms with Crippen LogP contribution in [0.25, 0.3) is 17.2 Å². The van der Waals surface area contributed by atoms with E-state index in [4.69, 9.17) is 27.9 Å². The fourth-order valence-corrected chi connectivity index (χ4v) is 4.21. The first kappa shape index (κ1) is 21.0. The molecule has 1 amide bonds. The van der Waals surface area contributed by atoms with Crippen LogP contribution < -0.4 is 5.32 Å². The Morgan fingerprint density at radius 2 is 2.13 bits per heavy atom. The lowest BCUT2D eigenvalue weighted by molar-refractivity contribution is -0.121. The molecule has 0 bridgehead atoms. The summed E-state index contributed by atoms with van der Waals surface area (Å²) in [5, 5.41) is 8.59. The second kappa shape index (κ2) is 8.88. The Labute approximate surface area is 184 Å². The van der Waals surface area contributed by atoms with Gasteiger partial charge >= 0.3 is 0 Å². The van der Waals surface area contributed by atoms with Crippen LogP contribution >= 0.6 is 23.2 Å². The van der Waals surface area contributed by atoms with Gasteiger partial charge in [0.15, 0.2) is 5.82 Å². The smallest absolute Gasteiger partial charge is 0.253 e. The zero-order valence-electron chi connectivity index (χ0n) is 16.9. The standard InChI is InChI=1S/C21H23Cl2N5O2/c1-12-16(7-8-19(29)24-11-15-4-3-9-30-15)13(2)28-21(25-12)26-20(27-28)17-6-5-14(22)10-18(17)23/h5-6,10,15H,3-4,7-9,11H2,1-2H3,(H,24,29)/t15-/m0/s1. The van der Waals surface area contributed by atoms with Crippen LogP contribution in [0.15, 0.2) is 18.2 Å². The molecular formula is C21H23Cl2N5O2. The van der Waals surface area contributed by atoms with Crippen molar-refractivity contribution in [3.8, 4) is 11.4 Å². The van der Waals surface area contributed by atoms with E-state index in [1.807, 2.05) is 13.8 Å². The average Bonchev–Trinajstić information content (AvgIpc) is 3.36. The number of rotatable bonds is 6. The third-order valence-corrected chi connectivity index (χ3v) is 5.92. The molecule has 4 rings (SSSR count). The molecule has 3 heterocycles. The van der Waals surface area contributed by atoms with Gasteiger partial charge in [-0.15, -0.1) is 5.10 Å². The van der Waals surface area contributed by atoms with Crippen molar-refractivity contribution in [1.82, 2.24) is 24.9 Å². The first-order valence-corrected chi connectivity index (χ1v) is 10.7. The summed E-state index contributed by atoms with van der Waals surface area (Å²) in [6, 6.07) is 5.21. The molecule has 1 fully saturated rings. The minimum Gasteiger partial charge on any atom is -0.376 e. The van der Waals surface area contributed by atoms with Crippen molar-refractivity contribution < 1.29 is 9.53 Å². The molecule has 7 nitrogen and oxygen atoms in total. The van der Waals surface area contributed by atoms with Crippen LogP contribution in [0.1, 0.15) is 36.2 Å². The number of hydrogen-bond acceptors (Lipinski definition) is 5. The van der Waals surface area contributed by atoms with Gasteiger partial charge < -0.3 is 10.1 Å². The summed E-state index contributed by atoms with van der Waals surface area (Å²) in [5.41, 5.74) is 3.44. The Kier molecular flexibility index (Phi) is 6.22. The summed E-state index contributed by atoms with van der Waals surface area (Å²) >= 11 is 12.3. The maximum absolute atomic E-state index is 12.3. The number of fused-ring (bicyclic) bond motifs is 1. The Morgan fingerprint density at radius 1 is 1.30 bits per heavy atom. The number of amides is 1. The molecule has 1 aromatic carbocycles. The van der Waals surface area contributed by atoms with Crippen LogP contribution in [-0.4, -0.2) is 44.7 Å². The Morgan fingerprint density at radius 3 is 2.87 bits per heavy atom. The monoisotopic (exact) mass is 447 g/mol. The minimum atomic E-state index is 0.0108. The molecule has 9 heteroatoms. The molecule has 0 unspecified atom stereocenters. The number of ether oxygens (including phenoxy) is 1. The number of carbonyl (C=O) groups excluding carboxylic acids is 1. The molecule has 0 radical (unpaired) electrons. The van der Waals surface area contributed by atoms with Gasteiger partial charge in [0.1, 0.15) is 0 Å². The molecule has 1 aliphatic rings. The highest BCUT2D eigenvalue weighted by Crippen LogP contribution is 2.29. The van der Waals surface area contributed by atoms with Gasteiger partial charge in [-0.05, 0) is 56.9 Å². The molecule has 1 N–H and O–H groups in total. The van der Waals surface area contributed by atoms with E-state index in [9.17, 15) is 4.79 Å². The van der Waals surface area contributed by atoms with Crippen molar-refractivity contribution in [2.24, 2.45) is 0 Å². The lowest BCUT2D eigenvalue weighted by Gasteiger charge is -2.12. The van der Waals surface area contributed by atoms with E-state index in [1.54, 1.807) is 22.7 Å². The van der Waals surface area contributed by atoms with E-state index in [2.05, 4.69) is 20.4 Å². The summed E-state index contributed by atoms with van der Waals surface area (Å²) in [6.45, 7) is 5.24. The molecule has 1 saturated heterocycles. The van der Waals surface area contributed by atoms with Crippen LogP contribution in [0.5, 0.6) is 0 Å². The van der Waals surface area contributed by atoms with Gasteiger partial charge in [0.05, 0.1) is 11.1 Å². The second-order valence-electron chi connectivity index (χ2n) is 7.47. The predicted octanol–water partition coefficient (Wildman–Crippen LogP) is 3.94. The molecule has 0 saturated carbocycles. The van der Waals surface area contributed by atoms with Crippen molar-refractivity contribution >= 4 is 34.9 Å². The van der Waals surface area contributed by atoms with E-state index in [0.717, 1.165) is 36.4 Å². The fraction of sp³-hybridized carbons (Fsp3) is 0.429. The highest BCUT2D eigenvalue weighted by Gasteiger charge is 2.18. The van der Waals surface area contributed by atoms with Gasteiger partial charge in [0, 0.05) is 41.5 Å². The van der Waals surface area contributed by atoms with Gasteiger partial charge in [0.25, 0.3) is 5.78 Å².